The van der Waals surface area contributed by atoms with Crippen LogP contribution in [0.15, 0.2) is 35.7 Å². The van der Waals surface area contributed by atoms with E-state index in [0.717, 1.165) is 4.88 Å². The van der Waals surface area contributed by atoms with E-state index in [-0.39, 0.29) is 11.7 Å². The van der Waals surface area contributed by atoms with E-state index in [0.29, 0.717) is 24.1 Å². The standard InChI is InChI=1S/C15H16N2O3S/c1-11(2)16(9-13-4-3-7-21-13)14-6-5-12(10-18)8-15(14)17(19)20/h3-8,10-11H,9H2,1-2H3. The molecule has 2 aromatic rings. The minimum absolute atomic E-state index is 0.0372. The molecule has 1 aromatic heterocycles. The van der Waals surface area contributed by atoms with Gasteiger partial charge in [0.1, 0.15) is 12.0 Å². The van der Waals surface area contributed by atoms with Gasteiger partial charge >= 0.3 is 0 Å². The molecule has 0 saturated heterocycles. The maximum absolute atomic E-state index is 11.3. The number of carbonyl (C=O) groups excluding carboxylic acids is 1. The van der Waals surface area contributed by atoms with Crippen LogP contribution in [0.1, 0.15) is 29.1 Å². The van der Waals surface area contributed by atoms with Gasteiger partial charge in [0, 0.05) is 22.5 Å². The molecular weight excluding hydrogens is 288 g/mol. The largest absolute Gasteiger partial charge is 0.358 e. The predicted octanol–water partition coefficient (Wildman–Crippen LogP) is 3.88. The Kier molecular flexibility index (Phi) is 4.70. The number of aldehydes is 1. The van der Waals surface area contributed by atoms with Gasteiger partial charge in [-0.25, -0.2) is 0 Å². The lowest BCUT2D eigenvalue weighted by atomic mass is 10.1. The van der Waals surface area contributed by atoms with Crippen molar-refractivity contribution in [3.8, 4) is 0 Å². The second-order valence-electron chi connectivity index (χ2n) is 4.92. The lowest BCUT2D eigenvalue weighted by Crippen LogP contribution is -2.30. The van der Waals surface area contributed by atoms with Gasteiger partial charge in [-0.05, 0) is 37.4 Å². The van der Waals surface area contributed by atoms with Crippen LogP contribution < -0.4 is 4.90 Å². The van der Waals surface area contributed by atoms with Crippen LogP contribution in [-0.4, -0.2) is 17.3 Å². The van der Waals surface area contributed by atoms with Gasteiger partial charge < -0.3 is 4.90 Å². The fourth-order valence-corrected chi connectivity index (χ4v) is 2.82. The van der Waals surface area contributed by atoms with Crippen molar-refractivity contribution in [2.24, 2.45) is 0 Å². The maximum atomic E-state index is 11.3. The summed E-state index contributed by atoms with van der Waals surface area (Å²) in [5.41, 5.74) is 0.809. The van der Waals surface area contributed by atoms with Gasteiger partial charge in [0.05, 0.1) is 11.5 Å². The van der Waals surface area contributed by atoms with Crippen molar-refractivity contribution in [2.75, 3.05) is 4.90 Å². The molecule has 6 heteroatoms. The highest BCUT2D eigenvalue weighted by molar-refractivity contribution is 7.09. The van der Waals surface area contributed by atoms with E-state index in [9.17, 15) is 14.9 Å². The number of anilines is 1. The molecule has 2 rings (SSSR count). The van der Waals surface area contributed by atoms with Gasteiger partial charge in [0.15, 0.2) is 0 Å². The van der Waals surface area contributed by atoms with Gasteiger partial charge in [0.2, 0.25) is 0 Å². The molecule has 0 saturated carbocycles. The van der Waals surface area contributed by atoms with Gasteiger partial charge in [0.25, 0.3) is 5.69 Å². The van der Waals surface area contributed by atoms with Crippen LogP contribution in [0.2, 0.25) is 0 Å². The number of thiophene rings is 1. The molecule has 1 heterocycles. The first kappa shape index (κ1) is 15.2. The molecule has 0 fully saturated rings. The number of hydrogen-bond donors (Lipinski definition) is 0. The minimum atomic E-state index is -0.438. The summed E-state index contributed by atoms with van der Waals surface area (Å²) < 4.78 is 0. The third-order valence-corrected chi connectivity index (χ3v) is 4.03. The zero-order chi connectivity index (χ0) is 15.4. The Morgan fingerprint density at radius 1 is 1.38 bits per heavy atom. The fraction of sp³-hybridized carbons (Fsp3) is 0.267. The Morgan fingerprint density at radius 2 is 2.14 bits per heavy atom. The van der Waals surface area contributed by atoms with Gasteiger partial charge in [-0.15, -0.1) is 11.3 Å². The summed E-state index contributed by atoms with van der Waals surface area (Å²) in [7, 11) is 0. The smallest absolute Gasteiger partial charge is 0.293 e. The number of nitrogens with zero attached hydrogens (tertiary/aromatic N) is 2. The number of carbonyl (C=O) groups is 1. The van der Waals surface area contributed by atoms with Gasteiger partial charge in [-0.2, -0.15) is 0 Å². The number of nitro benzene ring substituents is 1. The average molecular weight is 304 g/mol. The summed E-state index contributed by atoms with van der Waals surface area (Å²) >= 11 is 1.62. The zero-order valence-electron chi connectivity index (χ0n) is 11.9. The van der Waals surface area contributed by atoms with Crippen LogP contribution >= 0.6 is 11.3 Å². The molecule has 0 amide bonds. The van der Waals surface area contributed by atoms with Crippen LogP contribution in [0, 0.1) is 10.1 Å². The molecule has 0 spiro atoms. The van der Waals surface area contributed by atoms with Gasteiger partial charge in [-0.3, -0.25) is 14.9 Å². The highest BCUT2D eigenvalue weighted by atomic mass is 32.1. The zero-order valence-corrected chi connectivity index (χ0v) is 12.7. The van der Waals surface area contributed by atoms with Crippen molar-refractivity contribution in [1.82, 2.24) is 0 Å². The molecule has 0 N–H and O–H groups in total. The van der Waals surface area contributed by atoms with Crippen molar-refractivity contribution >= 4 is 29.0 Å². The van der Waals surface area contributed by atoms with Crippen LogP contribution in [0.25, 0.3) is 0 Å². The first-order valence-corrected chi connectivity index (χ1v) is 7.43. The van der Waals surface area contributed by atoms with E-state index < -0.39 is 4.92 Å². The third-order valence-electron chi connectivity index (χ3n) is 3.17. The fourth-order valence-electron chi connectivity index (χ4n) is 2.12. The Balaban J connectivity index is 2.44. The van der Waals surface area contributed by atoms with E-state index in [1.54, 1.807) is 23.5 Å². The van der Waals surface area contributed by atoms with E-state index in [1.165, 1.54) is 6.07 Å². The van der Waals surface area contributed by atoms with E-state index in [4.69, 9.17) is 0 Å². The summed E-state index contributed by atoms with van der Waals surface area (Å²) in [6.07, 6.45) is 0.621. The number of benzene rings is 1. The van der Waals surface area contributed by atoms with E-state index in [1.807, 2.05) is 36.3 Å². The Labute approximate surface area is 127 Å². The highest BCUT2D eigenvalue weighted by Gasteiger charge is 2.22. The summed E-state index contributed by atoms with van der Waals surface area (Å²) in [6, 6.07) is 8.65. The highest BCUT2D eigenvalue weighted by Crippen LogP contribution is 2.32. The number of nitro groups is 1. The molecule has 110 valence electrons. The molecule has 0 aliphatic rings. The first-order chi connectivity index (χ1) is 10.0. The van der Waals surface area contributed by atoms with Crippen molar-refractivity contribution < 1.29 is 9.72 Å². The van der Waals surface area contributed by atoms with Crippen molar-refractivity contribution in [3.63, 3.8) is 0 Å². The lowest BCUT2D eigenvalue weighted by molar-refractivity contribution is -0.384. The van der Waals surface area contributed by atoms with Crippen molar-refractivity contribution in [1.29, 1.82) is 0 Å². The Hall–Kier alpha value is -2.21. The SMILES string of the molecule is CC(C)N(Cc1cccs1)c1ccc(C=O)cc1[N+](=O)[O-]. The third kappa shape index (κ3) is 3.46. The topological polar surface area (TPSA) is 63.5 Å². The molecule has 1 aromatic carbocycles. The van der Waals surface area contributed by atoms with Crippen LogP contribution in [-0.2, 0) is 6.54 Å². The molecule has 0 aliphatic heterocycles. The van der Waals surface area contributed by atoms with E-state index >= 15 is 0 Å². The monoisotopic (exact) mass is 304 g/mol. The molecular formula is C15H16N2O3S. The lowest BCUT2D eigenvalue weighted by Gasteiger charge is -2.28. The molecule has 0 bridgehead atoms. The van der Waals surface area contributed by atoms with Crippen molar-refractivity contribution in [3.05, 3.63) is 56.3 Å². The van der Waals surface area contributed by atoms with Crippen LogP contribution in [0.3, 0.4) is 0 Å². The second kappa shape index (κ2) is 6.49. The number of hydrogen-bond acceptors (Lipinski definition) is 5. The summed E-state index contributed by atoms with van der Waals surface area (Å²) in [5.74, 6) is 0. The summed E-state index contributed by atoms with van der Waals surface area (Å²) in [6.45, 7) is 4.59. The quantitative estimate of drug-likeness (QED) is 0.461. The van der Waals surface area contributed by atoms with E-state index in [2.05, 4.69) is 0 Å². The first-order valence-electron chi connectivity index (χ1n) is 6.55. The molecule has 5 nitrogen and oxygen atoms in total. The summed E-state index contributed by atoms with van der Waals surface area (Å²) in [4.78, 5) is 24.8. The Morgan fingerprint density at radius 3 is 2.67 bits per heavy atom. The average Bonchev–Trinajstić information content (AvgIpc) is 2.97. The Bertz CT molecular complexity index is 638. The normalized spacial score (nSPS) is 10.6. The van der Waals surface area contributed by atoms with Crippen LogP contribution in [0.4, 0.5) is 11.4 Å². The molecule has 0 radical (unpaired) electrons. The van der Waals surface area contributed by atoms with Gasteiger partial charge in [-0.1, -0.05) is 6.07 Å². The van der Waals surface area contributed by atoms with Crippen LogP contribution in [0.5, 0.6) is 0 Å². The predicted molar refractivity (Wildman–Crippen MR) is 84.1 cm³/mol. The second-order valence-corrected chi connectivity index (χ2v) is 5.96. The molecule has 0 unspecified atom stereocenters. The number of rotatable bonds is 6. The van der Waals surface area contributed by atoms with Crippen molar-refractivity contribution in [2.45, 2.75) is 26.4 Å². The molecule has 0 atom stereocenters. The minimum Gasteiger partial charge on any atom is -0.358 e. The maximum Gasteiger partial charge on any atom is 0.293 e. The summed E-state index contributed by atoms with van der Waals surface area (Å²) in [5, 5.41) is 13.3. The molecule has 21 heavy (non-hydrogen) atoms. The molecule has 0 aliphatic carbocycles.